The minimum Gasteiger partial charge on any atom is -0.480 e. The molecule has 1 aliphatic rings. The highest BCUT2D eigenvalue weighted by Gasteiger charge is 2.33. The SMILES string of the molecule is COCCCC(NC(=O)N1CC(O)C(O)C1)C(=O)O. The lowest BCUT2D eigenvalue weighted by atomic mass is 10.1. The van der Waals surface area contributed by atoms with Crippen LogP contribution in [-0.2, 0) is 9.53 Å². The van der Waals surface area contributed by atoms with Crippen LogP contribution in [0.2, 0.25) is 0 Å². The molecule has 0 aromatic heterocycles. The third-order valence-corrected chi connectivity index (χ3v) is 2.98. The van der Waals surface area contributed by atoms with E-state index in [1.54, 1.807) is 0 Å². The third-order valence-electron chi connectivity index (χ3n) is 2.98. The van der Waals surface area contributed by atoms with Gasteiger partial charge in [-0.05, 0) is 12.8 Å². The molecule has 0 bridgehead atoms. The summed E-state index contributed by atoms with van der Waals surface area (Å²) in [5.41, 5.74) is 0. The van der Waals surface area contributed by atoms with E-state index in [9.17, 15) is 19.8 Å². The number of methoxy groups -OCH3 is 1. The Balaban J connectivity index is 2.45. The number of carboxylic acids is 1. The van der Waals surface area contributed by atoms with Crippen molar-refractivity contribution in [2.24, 2.45) is 0 Å². The first kappa shape index (κ1) is 15.7. The van der Waals surface area contributed by atoms with Crippen molar-refractivity contribution in [3.63, 3.8) is 0 Å². The molecule has 19 heavy (non-hydrogen) atoms. The van der Waals surface area contributed by atoms with E-state index in [2.05, 4.69) is 5.32 Å². The van der Waals surface area contributed by atoms with Crippen molar-refractivity contribution in [1.82, 2.24) is 10.2 Å². The maximum atomic E-state index is 11.8. The van der Waals surface area contributed by atoms with Crippen LogP contribution in [-0.4, -0.2) is 77.3 Å². The summed E-state index contributed by atoms with van der Waals surface area (Å²) in [4.78, 5) is 24.0. The number of hydrogen-bond donors (Lipinski definition) is 4. The number of nitrogens with one attached hydrogen (secondary N) is 1. The van der Waals surface area contributed by atoms with Gasteiger partial charge in [0.15, 0.2) is 0 Å². The van der Waals surface area contributed by atoms with Crippen molar-refractivity contribution in [3.8, 4) is 0 Å². The molecule has 0 aromatic rings. The van der Waals surface area contributed by atoms with Crippen LogP contribution in [0.4, 0.5) is 4.79 Å². The number of aliphatic hydroxyl groups excluding tert-OH is 2. The molecule has 3 atom stereocenters. The quantitative estimate of drug-likeness (QED) is 0.444. The lowest BCUT2D eigenvalue weighted by Gasteiger charge is -2.20. The average Bonchev–Trinajstić information content (AvgIpc) is 2.68. The fourth-order valence-electron chi connectivity index (χ4n) is 1.86. The molecule has 8 nitrogen and oxygen atoms in total. The highest BCUT2D eigenvalue weighted by molar-refractivity contribution is 5.82. The van der Waals surface area contributed by atoms with Crippen LogP contribution in [0.25, 0.3) is 0 Å². The topological polar surface area (TPSA) is 119 Å². The van der Waals surface area contributed by atoms with Crippen molar-refractivity contribution in [1.29, 1.82) is 0 Å². The van der Waals surface area contributed by atoms with E-state index in [0.29, 0.717) is 13.0 Å². The van der Waals surface area contributed by atoms with Gasteiger partial charge in [0, 0.05) is 13.7 Å². The molecule has 110 valence electrons. The number of carbonyl (C=O) groups is 2. The van der Waals surface area contributed by atoms with Gasteiger partial charge < -0.3 is 30.3 Å². The number of rotatable bonds is 6. The predicted molar refractivity (Wildman–Crippen MR) is 64.7 cm³/mol. The number of β-amino-alcohol motifs (C(OH)–C–C–N with tert-alkyl or cyclic N) is 2. The van der Waals surface area contributed by atoms with Crippen LogP contribution in [0.5, 0.6) is 0 Å². The van der Waals surface area contributed by atoms with Gasteiger partial charge in [-0.15, -0.1) is 0 Å². The molecule has 0 radical (unpaired) electrons. The van der Waals surface area contributed by atoms with Gasteiger partial charge in [0.2, 0.25) is 0 Å². The molecular formula is C11H20N2O6. The minimum atomic E-state index is -1.12. The van der Waals surface area contributed by atoms with E-state index in [0.717, 1.165) is 0 Å². The summed E-state index contributed by atoms with van der Waals surface area (Å²) in [6.07, 6.45) is -1.20. The normalized spacial score (nSPS) is 24.3. The standard InChI is InChI=1S/C11H20N2O6/c1-19-4-2-3-7(10(16)17)12-11(18)13-5-8(14)9(15)6-13/h7-9,14-15H,2-6H2,1H3,(H,12,18)(H,16,17). The van der Waals surface area contributed by atoms with Crippen LogP contribution in [0.15, 0.2) is 0 Å². The monoisotopic (exact) mass is 276 g/mol. The van der Waals surface area contributed by atoms with Gasteiger partial charge >= 0.3 is 12.0 Å². The molecule has 8 heteroatoms. The highest BCUT2D eigenvalue weighted by atomic mass is 16.5. The molecule has 1 saturated heterocycles. The number of aliphatic hydroxyl groups is 2. The molecule has 2 amide bonds. The summed E-state index contributed by atoms with van der Waals surface area (Å²) in [7, 11) is 1.52. The molecule has 1 fully saturated rings. The summed E-state index contributed by atoms with van der Waals surface area (Å²) in [6.45, 7) is 0.412. The van der Waals surface area contributed by atoms with Gasteiger partial charge in [-0.1, -0.05) is 0 Å². The second-order valence-electron chi connectivity index (χ2n) is 4.52. The zero-order chi connectivity index (χ0) is 14.4. The second-order valence-corrected chi connectivity index (χ2v) is 4.52. The van der Waals surface area contributed by atoms with E-state index < -0.39 is 30.3 Å². The first-order valence-corrected chi connectivity index (χ1v) is 6.09. The Hall–Kier alpha value is -1.38. The molecule has 1 aliphatic heterocycles. The largest absolute Gasteiger partial charge is 0.480 e. The number of urea groups is 1. The van der Waals surface area contributed by atoms with Gasteiger partial charge in [0.25, 0.3) is 0 Å². The Morgan fingerprint density at radius 3 is 2.42 bits per heavy atom. The molecule has 0 saturated carbocycles. The Morgan fingerprint density at radius 1 is 1.37 bits per heavy atom. The number of ether oxygens (including phenoxy) is 1. The Kier molecular flexibility index (Phi) is 6.00. The van der Waals surface area contributed by atoms with Crippen LogP contribution in [0.1, 0.15) is 12.8 Å². The molecule has 1 heterocycles. The number of aliphatic carboxylic acids is 1. The van der Waals surface area contributed by atoms with Crippen molar-refractivity contribution >= 4 is 12.0 Å². The average molecular weight is 276 g/mol. The minimum absolute atomic E-state index is 0.00257. The predicted octanol–water partition coefficient (Wildman–Crippen LogP) is -1.39. The Bertz CT molecular complexity index is 314. The summed E-state index contributed by atoms with van der Waals surface area (Å²) < 4.78 is 4.82. The first-order valence-electron chi connectivity index (χ1n) is 6.09. The van der Waals surface area contributed by atoms with Crippen LogP contribution in [0, 0.1) is 0 Å². The van der Waals surface area contributed by atoms with Gasteiger partial charge in [0.1, 0.15) is 6.04 Å². The molecule has 4 N–H and O–H groups in total. The van der Waals surface area contributed by atoms with Crippen molar-refractivity contribution in [2.75, 3.05) is 26.8 Å². The number of carbonyl (C=O) groups excluding carboxylic acids is 1. The molecule has 3 unspecified atom stereocenters. The highest BCUT2D eigenvalue weighted by Crippen LogP contribution is 2.10. The van der Waals surface area contributed by atoms with Crippen LogP contribution >= 0.6 is 0 Å². The summed E-state index contributed by atoms with van der Waals surface area (Å²) in [5, 5.41) is 30.0. The maximum Gasteiger partial charge on any atom is 0.326 e. The zero-order valence-electron chi connectivity index (χ0n) is 10.8. The van der Waals surface area contributed by atoms with Gasteiger partial charge in [-0.25, -0.2) is 9.59 Å². The van der Waals surface area contributed by atoms with Crippen molar-refractivity contribution < 1.29 is 29.6 Å². The fourth-order valence-corrected chi connectivity index (χ4v) is 1.86. The van der Waals surface area contributed by atoms with Crippen LogP contribution in [0.3, 0.4) is 0 Å². The lowest BCUT2D eigenvalue weighted by molar-refractivity contribution is -0.139. The number of likely N-dealkylation sites (tertiary alicyclic amines) is 1. The van der Waals surface area contributed by atoms with E-state index >= 15 is 0 Å². The number of carboxylic acid groups (broad SMARTS) is 1. The lowest BCUT2D eigenvalue weighted by Crippen LogP contribution is -2.47. The van der Waals surface area contributed by atoms with Crippen molar-refractivity contribution in [3.05, 3.63) is 0 Å². The summed E-state index contributed by atoms with van der Waals surface area (Å²) in [6, 6.07) is -1.60. The molecule has 1 rings (SSSR count). The first-order chi connectivity index (χ1) is 8.95. The second kappa shape index (κ2) is 7.27. The molecule has 0 spiro atoms. The zero-order valence-corrected chi connectivity index (χ0v) is 10.8. The fraction of sp³-hybridized carbons (Fsp3) is 0.818. The smallest absolute Gasteiger partial charge is 0.326 e. The third kappa shape index (κ3) is 4.66. The van der Waals surface area contributed by atoms with Crippen molar-refractivity contribution in [2.45, 2.75) is 31.1 Å². The Labute approximate surface area is 111 Å². The number of amides is 2. The summed E-state index contributed by atoms with van der Waals surface area (Å²) >= 11 is 0. The van der Waals surface area contributed by atoms with Gasteiger partial charge in [0.05, 0.1) is 25.3 Å². The van der Waals surface area contributed by atoms with E-state index in [1.165, 1.54) is 12.0 Å². The maximum absolute atomic E-state index is 11.8. The molecular weight excluding hydrogens is 256 g/mol. The molecule has 0 aliphatic carbocycles. The Morgan fingerprint density at radius 2 is 1.95 bits per heavy atom. The van der Waals surface area contributed by atoms with E-state index in [-0.39, 0.29) is 19.5 Å². The summed E-state index contributed by atoms with van der Waals surface area (Å²) in [5.74, 6) is -1.12. The van der Waals surface area contributed by atoms with E-state index in [4.69, 9.17) is 9.84 Å². The number of nitrogens with zero attached hydrogens (tertiary/aromatic N) is 1. The van der Waals surface area contributed by atoms with E-state index in [1.807, 2.05) is 0 Å². The van der Waals surface area contributed by atoms with Gasteiger partial charge in [-0.3, -0.25) is 0 Å². The number of hydrogen-bond acceptors (Lipinski definition) is 5. The van der Waals surface area contributed by atoms with Crippen LogP contribution < -0.4 is 5.32 Å². The molecule has 0 aromatic carbocycles. The van der Waals surface area contributed by atoms with Gasteiger partial charge in [-0.2, -0.15) is 0 Å².